The third-order valence-electron chi connectivity index (χ3n) is 4.63. The Bertz CT molecular complexity index is 1100. The highest BCUT2D eigenvalue weighted by molar-refractivity contribution is 5.92. The molecule has 1 amide bonds. The van der Waals surface area contributed by atoms with Crippen LogP contribution in [0.5, 0.6) is 11.6 Å². The zero-order chi connectivity index (χ0) is 21.1. The van der Waals surface area contributed by atoms with Gasteiger partial charge in [0.1, 0.15) is 17.3 Å². The second kappa shape index (κ2) is 8.24. The molecular formula is C21H18FN5O3. The van der Waals surface area contributed by atoms with Crippen LogP contribution >= 0.6 is 0 Å². The van der Waals surface area contributed by atoms with Crippen molar-refractivity contribution in [3.63, 3.8) is 0 Å². The summed E-state index contributed by atoms with van der Waals surface area (Å²) in [6, 6.07) is 12.1. The molecule has 1 atom stereocenters. The van der Waals surface area contributed by atoms with Crippen LogP contribution in [-0.4, -0.2) is 32.7 Å². The van der Waals surface area contributed by atoms with Crippen LogP contribution in [0, 0.1) is 5.95 Å². The summed E-state index contributed by atoms with van der Waals surface area (Å²) in [7, 11) is 0. The lowest BCUT2D eigenvalue weighted by atomic mass is 10.2. The molecule has 9 heteroatoms. The molecule has 1 aliphatic carbocycles. The first-order valence-corrected chi connectivity index (χ1v) is 9.37. The topological polar surface area (TPSA) is 120 Å². The molecule has 0 spiro atoms. The number of benzene rings is 1. The minimum Gasteiger partial charge on any atom is -0.439 e. The maximum Gasteiger partial charge on any atom is 0.267 e. The molecule has 152 valence electrons. The molecule has 0 saturated heterocycles. The molecule has 0 bridgehead atoms. The number of pyridine rings is 1. The van der Waals surface area contributed by atoms with Crippen molar-refractivity contribution in [1.82, 2.24) is 15.0 Å². The molecule has 8 nitrogen and oxygen atoms in total. The summed E-state index contributed by atoms with van der Waals surface area (Å²) in [6.45, 7) is 0. The third kappa shape index (κ3) is 4.40. The number of nitrogens with zero attached hydrogens (tertiary/aromatic N) is 3. The Morgan fingerprint density at radius 1 is 1.13 bits per heavy atom. The van der Waals surface area contributed by atoms with Gasteiger partial charge in [-0.15, -0.1) is 0 Å². The molecule has 0 radical (unpaired) electrons. The van der Waals surface area contributed by atoms with Gasteiger partial charge in [-0.25, -0.2) is 9.97 Å². The number of ketones is 1. The lowest BCUT2D eigenvalue weighted by molar-refractivity contribution is -0.118. The number of hydrogen-bond donors (Lipinski definition) is 2. The van der Waals surface area contributed by atoms with Gasteiger partial charge in [0.25, 0.3) is 5.91 Å². The Balaban J connectivity index is 1.59. The van der Waals surface area contributed by atoms with Crippen molar-refractivity contribution in [2.45, 2.75) is 25.3 Å². The van der Waals surface area contributed by atoms with E-state index < -0.39 is 11.9 Å². The highest BCUT2D eigenvalue weighted by Crippen LogP contribution is 2.25. The third-order valence-corrected chi connectivity index (χ3v) is 4.63. The maximum absolute atomic E-state index is 13.2. The Morgan fingerprint density at radius 3 is 2.60 bits per heavy atom. The standard InChI is InChI=1S/C21H18FN5O3/c22-17-5-2-6-19(26-17)30-13-9-7-12(8-10-13)21-25-15(20(23)29)11-18(27-21)24-14-3-1-4-16(14)28/h2,5-11,14H,1,3-4H2,(H2,23,29)(H,24,25,27). The minimum atomic E-state index is -0.698. The van der Waals surface area contributed by atoms with Crippen molar-refractivity contribution < 1.29 is 18.7 Å². The molecular weight excluding hydrogens is 389 g/mol. The number of carbonyl (C=O) groups is 2. The molecule has 3 aromatic rings. The number of anilines is 1. The summed E-state index contributed by atoms with van der Waals surface area (Å²) in [5.41, 5.74) is 6.05. The fourth-order valence-electron chi connectivity index (χ4n) is 3.16. The molecule has 1 saturated carbocycles. The molecule has 1 unspecified atom stereocenters. The molecule has 4 rings (SSSR count). The van der Waals surface area contributed by atoms with Gasteiger partial charge in [-0.2, -0.15) is 9.37 Å². The van der Waals surface area contributed by atoms with E-state index in [0.29, 0.717) is 30.0 Å². The first-order valence-electron chi connectivity index (χ1n) is 9.37. The van der Waals surface area contributed by atoms with Gasteiger partial charge in [0.2, 0.25) is 11.8 Å². The maximum atomic E-state index is 13.2. The fourth-order valence-corrected chi connectivity index (χ4v) is 3.16. The predicted octanol–water partition coefficient (Wildman–Crippen LogP) is 3.10. The molecule has 2 aromatic heterocycles. The number of nitrogens with one attached hydrogen (secondary N) is 1. The number of halogens is 1. The number of primary amides is 1. The van der Waals surface area contributed by atoms with Gasteiger partial charge in [-0.3, -0.25) is 9.59 Å². The summed E-state index contributed by atoms with van der Waals surface area (Å²) < 4.78 is 18.7. The zero-order valence-electron chi connectivity index (χ0n) is 15.8. The number of nitrogens with two attached hydrogens (primary N) is 1. The molecule has 3 N–H and O–H groups in total. The van der Waals surface area contributed by atoms with E-state index in [2.05, 4.69) is 20.3 Å². The van der Waals surface area contributed by atoms with E-state index >= 15 is 0 Å². The van der Waals surface area contributed by atoms with E-state index in [-0.39, 0.29) is 29.2 Å². The van der Waals surface area contributed by atoms with Crippen molar-refractivity contribution in [1.29, 1.82) is 0 Å². The Kier molecular flexibility index (Phi) is 5.34. The van der Waals surface area contributed by atoms with Gasteiger partial charge in [0, 0.05) is 24.1 Å². The number of aromatic nitrogens is 3. The van der Waals surface area contributed by atoms with Gasteiger partial charge in [0.05, 0.1) is 6.04 Å². The summed E-state index contributed by atoms with van der Waals surface area (Å²) in [6.07, 6.45) is 2.06. The van der Waals surface area contributed by atoms with Crippen molar-refractivity contribution >= 4 is 17.5 Å². The SMILES string of the molecule is NC(=O)c1cc(NC2CCCC2=O)nc(-c2ccc(Oc3cccc(F)n3)cc2)n1. The van der Waals surface area contributed by atoms with Crippen molar-refractivity contribution in [2.24, 2.45) is 5.73 Å². The zero-order valence-corrected chi connectivity index (χ0v) is 15.8. The summed E-state index contributed by atoms with van der Waals surface area (Å²) in [4.78, 5) is 35.9. The second-order valence-electron chi connectivity index (χ2n) is 6.81. The fraction of sp³-hybridized carbons (Fsp3) is 0.190. The van der Waals surface area contributed by atoms with Gasteiger partial charge >= 0.3 is 0 Å². The molecule has 1 aliphatic rings. The van der Waals surface area contributed by atoms with Crippen molar-refractivity contribution in [2.75, 3.05) is 5.32 Å². The molecule has 1 aromatic carbocycles. The first kappa shape index (κ1) is 19.4. The van der Waals surface area contributed by atoms with Gasteiger partial charge in [-0.05, 0) is 43.2 Å². The van der Waals surface area contributed by atoms with Crippen molar-refractivity contribution in [3.8, 4) is 23.0 Å². The van der Waals surface area contributed by atoms with Crippen LogP contribution in [0.2, 0.25) is 0 Å². The number of amides is 1. The second-order valence-corrected chi connectivity index (χ2v) is 6.81. The quantitative estimate of drug-likeness (QED) is 0.602. The number of Topliss-reactive ketones (excluding diaryl/α,β-unsaturated/α-hetero) is 1. The number of hydrogen-bond acceptors (Lipinski definition) is 7. The van der Waals surface area contributed by atoms with Gasteiger partial charge < -0.3 is 15.8 Å². The Morgan fingerprint density at radius 2 is 1.93 bits per heavy atom. The normalized spacial score (nSPS) is 15.8. The number of rotatable bonds is 6. The summed E-state index contributed by atoms with van der Waals surface area (Å²) in [5.74, 6) is -0.0188. The smallest absolute Gasteiger partial charge is 0.267 e. The molecule has 1 fully saturated rings. The van der Waals surface area contributed by atoms with E-state index in [1.165, 1.54) is 18.2 Å². The monoisotopic (exact) mass is 407 g/mol. The van der Waals surface area contributed by atoms with Crippen LogP contribution < -0.4 is 15.8 Å². The largest absolute Gasteiger partial charge is 0.439 e. The van der Waals surface area contributed by atoms with Gasteiger partial charge in [-0.1, -0.05) is 6.07 Å². The molecule has 30 heavy (non-hydrogen) atoms. The lowest BCUT2D eigenvalue weighted by Crippen LogP contribution is -2.25. The Labute approximate surface area is 171 Å². The van der Waals surface area contributed by atoms with Crippen LogP contribution in [-0.2, 0) is 4.79 Å². The minimum absolute atomic E-state index is 0.0391. The summed E-state index contributed by atoms with van der Waals surface area (Å²) >= 11 is 0. The number of carbonyl (C=O) groups excluding carboxylic acids is 2. The Hall–Kier alpha value is -3.88. The van der Waals surface area contributed by atoms with Crippen LogP contribution in [0.4, 0.5) is 10.2 Å². The van der Waals surface area contributed by atoms with E-state index in [4.69, 9.17) is 10.5 Å². The average Bonchev–Trinajstić information content (AvgIpc) is 3.13. The van der Waals surface area contributed by atoms with Gasteiger partial charge in [0.15, 0.2) is 11.6 Å². The summed E-state index contributed by atoms with van der Waals surface area (Å²) in [5, 5.41) is 3.07. The van der Waals surface area contributed by atoms with Crippen LogP contribution in [0.3, 0.4) is 0 Å². The highest BCUT2D eigenvalue weighted by atomic mass is 19.1. The lowest BCUT2D eigenvalue weighted by Gasteiger charge is -2.13. The van der Waals surface area contributed by atoms with E-state index in [9.17, 15) is 14.0 Å². The van der Waals surface area contributed by atoms with E-state index in [1.54, 1.807) is 30.3 Å². The van der Waals surface area contributed by atoms with E-state index in [1.807, 2.05) is 0 Å². The highest BCUT2D eigenvalue weighted by Gasteiger charge is 2.25. The van der Waals surface area contributed by atoms with Crippen LogP contribution in [0.25, 0.3) is 11.4 Å². The average molecular weight is 407 g/mol. The molecule has 0 aliphatic heterocycles. The van der Waals surface area contributed by atoms with Crippen LogP contribution in [0.15, 0.2) is 48.5 Å². The van der Waals surface area contributed by atoms with Crippen molar-refractivity contribution in [3.05, 3.63) is 60.2 Å². The number of ether oxygens (including phenoxy) is 1. The predicted molar refractivity (Wildman–Crippen MR) is 107 cm³/mol. The van der Waals surface area contributed by atoms with E-state index in [0.717, 1.165) is 6.42 Å². The molecule has 2 heterocycles. The first-order chi connectivity index (χ1) is 14.5. The van der Waals surface area contributed by atoms with Crippen LogP contribution in [0.1, 0.15) is 29.8 Å².